The van der Waals surface area contributed by atoms with Crippen LogP contribution in [0.2, 0.25) is 0 Å². The van der Waals surface area contributed by atoms with Gasteiger partial charge in [-0.15, -0.1) is 0 Å². The third kappa shape index (κ3) is 4.08. The Balaban J connectivity index is 1.53. The molecule has 186 valence electrons. The average molecular weight is 459 g/mol. The minimum Gasteiger partial charge on any atom is -0.393 e. The molecule has 12 atom stereocenters. The zero-order chi connectivity index (χ0) is 28.6. The van der Waals surface area contributed by atoms with E-state index in [0.717, 1.165) is 25.7 Å². The second-order valence-corrected chi connectivity index (χ2v) is 12.5. The van der Waals surface area contributed by atoms with Crippen molar-refractivity contribution in [1.29, 1.82) is 0 Å². The molecule has 0 aromatic rings. The molecule has 5 heteroatoms. The summed E-state index contributed by atoms with van der Waals surface area (Å²) in [7, 11) is 0. The van der Waals surface area contributed by atoms with Gasteiger partial charge in [-0.05, 0) is 111 Å². The van der Waals surface area contributed by atoms with Gasteiger partial charge in [0.1, 0.15) is 0 Å². The topological polar surface area (TPSA) is 101 Å². The van der Waals surface area contributed by atoms with Crippen molar-refractivity contribution in [3.63, 3.8) is 0 Å². The minimum atomic E-state index is -3.18. The molecule has 0 amide bonds. The Bertz CT molecular complexity index is 852. The third-order valence-electron chi connectivity index (χ3n) is 10.7. The fourth-order valence-corrected chi connectivity index (χ4v) is 9.15. The summed E-state index contributed by atoms with van der Waals surface area (Å²) in [5, 5.41) is 54.8. The van der Waals surface area contributed by atoms with Gasteiger partial charge in [-0.2, -0.15) is 0 Å². The van der Waals surface area contributed by atoms with Crippen LogP contribution in [0.4, 0.5) is 0 Å². The second kappa shape index (κ2) is 8.48. The van der Waals surface area contributed by atoms with E-state index in [1.165, 1.54) is 0 Å². The highest BCUT2D eigenvalue weighted by molar-refractivity contribution is 5.14. The molecule has 0 spiro atoms. The quantitative estimate of drug-likeness (QED) is 0.434. The van der Waals surface area contributed by atoms with E-state index in [4.69, 9.17) is 8.22 Å². The van der Waals surface area contributed by atoms with Crippen LogP contribution in [0.3, 0.4) is 0 Å². The Morgan fingerprint density at radius 1 is 1.03 bits per heavy atom. The fourth-order valence-electron chi connectivity index (χ4n) is 9.15. The van der Waals surface area contributed by atoms with Crippen LogP contribution < -0.4 is 0 Å². The standard InChI is InChI=1S/C27H48O5/c1-15(10-18(29)14-25(2,3)32)19-6-7-20-24-21(13-23(31)27(19,20)5)26(4)9-8-17(28)11-16(26)12-22(24)30/h15-24,28-32H,6-14H2,1-5H3/t15-,16+,17-,18+,19-,20+,21+,22-,23+,24+,26+,27-/m1/s1/i2D3,3D3. The Labute approximate surface area is 203 Å². The maximum absolute atomic E-state index is 11.7. The van der Waals surface area contributed by atoms with Crippen LogP contribution in [0.5, 0.6) is 0 Å². The van der Waals surface area contributed by atoms with Crippen LogP contribution in [0.25, 0.3) is 0 Å². The second-order valence-electron chi connectivity index (χ2n) is 12.5. The lowest BCUT2D eigenvalue weighted by Crippen LogP contribution is -2.62. The maximum Gasteiger partial charge on any atom is 0.0616 e. The highest BCUT2D eigenvalue weighted by Gasteiger charge is 2.65. The molecule has 0 saturated heterocycles. The van der Waals surface area contributed by atoms with E-state index in [-0.39, 0.29) is 53.4 Å². The highest BCUT2D eigenvalue weighted by atomic mass is 16.3. The van der Waals surface area contributed by atoms with Crippen molar-refractivity contribution in [2.75, 3.05) is 0 Å². The van der Waals surface area contributed by atoms with Crippen molar-refractivity contribution in [1.82, 2.24) is 0 Å². The predicted molar refractivity (Wildman–Crippen MR) is 125 cm³/mol. The average Bonchev–Trinajstić information content (AvgIpc) is 3.12. The number of fused-ring (bicyclic) bond motifs is 5. The van der Waals surface area contributed by atoms with Crippen LogP contribution >= 0.6 is 0 Å². The molecule has 4 aliphatic carbocycles. The van der Waals surface area contributed by atoms with E-state index in [1.54, 1.807) is 0 Å². The summed E-state index contributed by atoms with van der Waals surface area (Å²) in [5.74, 6) is 0.404. The van der Waals surface area contributed by atoms with Gasteiger partial charge in [-0.25, -0.2) is 0 Å². The molecule has 0 heterocycles. The van der Waals surface area contributed by atoms with Gasteiger partial charge in [0.25, 0.3) is 0 Å². The van der Waals surface area contributed by atoms with Crippen molar-refractivity contribution in [2.45, 2.75) is 122 Å². The fraction of sp³-hybridized carbons (Fsp3) is 1.00. The normalized spacial score (nSPS) is 54.4. The Kier molecular flexibility index (Phi) is 4.80. The van der Waals surface area contributed by atoms with Gasteiger partial charge in [-0.1, -0.05) is 20.8 Å². The van der Waals surface area contributed by atoms with E-state index in [9.17, 15) is 25.5 Å². The van der Waals surface area contributed by atoms with Crippen molar-refractivity contribution in [2.24, 2.45) is 46.3 Å². The van der Waals surface area contributed by atoms with E-state index in [1.807, 2.05) is 6.92 Å². The molecule has 0 unspecified atom stereocenters. The summed E-state index contributed by atoms with van der Waals surface area (Å²) in [6.45, 7) is -0.0400. The summed E-state index contributed by atoms with van der Waals surface area (Å²) in [4.78, 5) is 0. The Morgan fingerprint density at radius 2 is 1.75 bits per heavy atom. The molecule has 0 aromatic carbocycles. The van der Waals surface area contributed by atoms with E-state index in [2.05, 4.69) is 13.8 Å². The Morgan fingerprint density at radius 3 is 2.44 bits per heavy atom. The lowest BCUT2D eigenvalue weighted by molar-refractivity contribution is -0.207. The van der Waals surface area contributed by atoms with Crippen molar-refractivity contribution < 1.29 is 33.8 Å². The number of aliphatic hydroxyl groups is 5. The molecule has 0 bridgehead atoms. The molecule has 4 fully saturated rings. The van der Waals surface area contributed by atoms with E-state index >= 15 is 0 Å². The van der Waals surface area contributed by atoms with Crippen molar-refractivity contribution >= 4 is 0 Å². The van der Waals surface area contributed by atoms with Crippen LogP contribution in [-0.2, 0) is 0 Å². The molecule has 5 nitrogen and oxygen atoms in total. The SMILES string of the molecule is [2H]C([2H])([2H])C(O)(C[C@@H](O)C[C@@H](C)[C@H]1CC[C@H]2[C@@H]3[C@H](O)C[C@@H]4C[C@H](O)CC[C@]4(C)[C@H]3C[C@H](O)[C@]12C)C([2H])([2H])[2H]. The summed E-state index contributed by atoms with van der Waals surface area (Å²) < 4.78 is 45.6. The van der Waals surface area contributed by atoms with Crippen LogP contribution in [0.15, 0.2) is 0 Å². The summed E-state index contributed by atoms with van der Waals surface area (Å²) in [5.41, 5.74) is -3.53. The van der Waals surface area contributed by atoms with Gasteiger partial charge in [0, 0.05) is 14.6 Å². The molecule has 4 aliphatic rings. The zero-order valence-electron chi connectivity index (χ0n) is 25.9. The van der Waals surface area contributed by atoms with Crippen LogP contribution in [0.1, 0.15) is 100 Å². The largest absolute Gasteiger partial charge is 0.393 e. The highest BCUT2D eigenvalue weighted by Crippen LogP contribution is 2.68. The summed E-state index contributed by atoms with van der Waals surface area (Å²) in [6.07, 6.45) is 1.81. The first-order chi connectivity index (χ1) is 17.3. The molecular weight excluding hydrogens is 404 g/mol. The molecule has 5 N–H and O–H groups in total. The van der Waals surface area contributed by atoms with Gasteiger partial charge in [0.15, 0.2) is 0 Å². The summed E-state index contributed by atoms with van der Waals surface area (Å²) >= 11 is 0. The number of aliphatic hydroxyl groups excluding tert-OH is 4. The zero-order valence-corrected chi connectivity index (χ0v) is 19.9. The van der Waals surface area contributed by atoms with Crippen molar-refractivity contribution in [3.05, 3.63) is 0 Å². The first kappa shape index (κ1) is 18.1. The number of hydrogen-bond donors (Lipinski definition) is 5. The van der Waals surface area contributed by atoms with E-state index in [0.29, 0.717) is 19.3 Å². The molecule has 0 aromatic heterocycles. The first-order valence-corrected chi connectivity index (χ1v) is 12.7. The van der Waals surface area contributed by atoms with Gasteiger partial charge in [-0.3, -0.25) is 0 Å². The molecule has 0 aliphatic heterocycles. The van der Waals surface area contributed by atoms with Gasteiger partial charge >= 0.3 is 0 Å². The summed E-state index contributed by atoms with van der Waals surface area (Å²) in [6, 6.07) is 0. The monoisotopic (exact) mass is 458 g/mol. The number of hydrogen-bond acceptors (Lipinski definition) is 5. The van der Waals surface area contributed by atoms with Crippen LogP contribution in [-0.4, -0.2) is 55.5 Å². The minimum absolute atomic E-state index is 0.00220. The lowest BCUT2D eigenvalue weighted by atomic mass is 9.43. The van der Waals surface area contributed by atoms with E-state index < -0.39 is 49.5 Å². The van der Waals surface area contributed by atoms with Gasteiger partial charge < -0.3 is 25.5 Å². The maximum atomic E-state index is 11.7. The molecule has 4 saturated carbocycles. The third-order valence-corrected chi connectivity index (χ3v) is 10.7. The molecule has 4 rings (SSSR count). The molecule has 32 heavy (non-hydrogen) atoms. The first-order valence-electron chi connectivity index (χ1n) is 15.7. The number of rotatable bonds is 5. The molecule has 0 radical (unpaired) electrons. The smallest absolute Gasteiger partial charge is 0.0616 e. The van der Waals surface area contributed by atoms with Crippen molar-refractivity contribution in [3.8, 4) is 0 Å². The predicted octanol–water partition coefficient (Wildman–Crippen LogP) is 3.50. The lowest BCUT2D eigenvalue weighted by Gasteiger charge is -2.63. The Hall–Kier alpha value is -0.200. The van der Waals surface area contributed by atoms with Gasteiger partial charge in [0.2, 0.25) is 0 Å². The molecular formula is C27H48O5. The van der Waals surface area contributed by atoms with Gasteiger partial charge in [0.05, 0.1) is 30.0 Å². The van der Waals surface area contributed by atoms with Crippen LogP contribution in [0, 0.1) is 46.3 Å².